The summed E-state index contributed by atoms with van der Waals surface area (Å²) in [6, 6.07) is 5.73. The number of aryl methyl sites for hydroxylation is 1. The van der Waals surface area contributed by atoms with Gasteiger partial charge in [0.15, 0.2) is 0 Å². The number of nitrogens with one attached hydrogen (secondary N) is 1. The number of benzene rings is 2. The summed E-state index contributed by atoms with van der Waals surface area (Å²) in [6.45, 7) is 23.1. The number of phosphoric acid groups is 1. The summed E-state index contributed by atoms with van der Waals surface area (Å²) in [5, 5.41) is 2.93. The molecule has 5 N–H and O–H groups in total. The number of ether oxygens (including phenoxy) is 2. The number of carbonyl (C=O) groups is 1. The highest BCUT2D eigenvalue weighted by atomic mass is 32.2. The Balaban J connectivity index is 2.45. The van der Waals surface area contributed by atoms with Gasteiger partial charge in [0.2, 0.25) is 10.0 Å². The predicted molar refractivity (Wildman–Crippen MR) is 212 cm³/mol. The van der Waals surface area contributed by atoms with E-state index in [2.05, 4.69) is 17.9 Å². The van der Waals surface area contributed by atoms with Crippen molar-refractivity contribution in [2.75, 3.05) is 5.73 Å². The molecule has 0 bridgehead atoms. The van der Waals surface area contributed by atoms with Gasteiger partial charge in [0.05, 0.1) is 30.1 Å². The van der Waals surface area contributed by atoms with Gasteiger partial charge in [-0.2, -0.15) is 4.31 Å². The molecule has 300 valence electrons. The van der Waals surface area contributed by atoms with E-state index in [4.69, 9.17) is 21.1 Å². The van der Waals surface area contributed by atoms with Crippen LogP contribution in [0, 0.1) is 32.6 Å². The van der Waals surface area contributed by atoms with Crippen molar-refractivity contribution in [3.05, 3.63) is 52.6 Å². The van der Waals surface area contributed by atoms with Crippen LogP contribution in [0.5, 0.6) is 0 Å². The van der Waals surface area contributed by atoms with Crippen LogP contribution in [-0.2, 0) is 28.6 Å². The Labute approximate surface area is 324 Å². The van der Waals surface area contributed by atoms with Crippen molar-refractivity contribution in [2.45, 2.75) is 160 Å². The second-order valence-electron chi connectivity index (χ2n) is 15.8. The van der Waals surface area contributed by atoms with Gasteiger partial charge in [0, 0.05) is 28.5 Å². The van der Waals surface area contributed by atoms with E-state index in [0.717, 1.165) is 11.1 Å². The molecule has 0 radical (unpaired) electrons. The molecule has 53 heavy (non-hydrogen) atoms. The molecule has 0 aliphatic carbocycles. The Hall–Kier alpha value is -2.16. The van der Waals surface area contributed by atoms with Gasteiger partial charge in [-0.15, -0.1) is 12.6 Å². The molecule has 3 rings (SSSR count). The molecule has 1 amide bonds. The standard InChI is InChI=1S/C38H62N3O9PS2/c1-14-30(21(2)3)37(11,12)41(53(46,47)34-25(7)24(6)31(39)20-33(34)52)27(9)35(50-51(43,44)45)38(13,26(8)29-18-16-15-17-22(29)4)40-36(42)49-32-19-23(5)48-28(32)10/h15-18,20-21,23,26-28,30,32,35,52H,14,19,39H2,1-13H3,(H,40,42)(H2,43,44,45)/t23?,26?,27?,28?,30?,32-,35+,38-/m0/s1/i20D. The summed E-state index contributed by atoms with van der Waals surface area (Å²) in [5.41, 5.74) is 5.54. The van der Waals surface area contributed by atoms with Crippen LogP contribution in [0.15, 0.2) is 40.1 Å². The largest absolute Gasteiger partial charge is 0.469 e. The fraction of sp³-hybridized carbons (Fsp3) is 0.658. The molecular formula is C38H62N3O9PS2. The topological polar surface area (TPSA) is 178 Å². The van der Waals surface area contributed by atoms with Crippen molar-refractivity contribution >= 4 is 42.3 Å². The van der Waals surface area contributed by atoms with Crippen molar-refractivity contribution in [1.82, 2.24) is 9.62 Å². The summed E-state index contributed by atoms with van der Waals surface area (Å²) >= 11 is 4.54. The second-order valence-corrected chi connectivity index (χ2v) is 19.1. The van der Waals surface area contributed by atoms with Gasteiger partial charge in [-0.25, -0.2) is 17.8 Å². The summed E-state index contributed by atoms with van der Waals surface area (Å²) in [7, 11) is -10.1. The molecule has 1 fully saturated rings. The van der Waals surface area contributed by atoms with Crippen LogP contribution in [-0.4, -0.2) is 70.1 Å². The van der Waals surface area contributed by atoms with Crippen LogP contribution >= 0.6 is 20.5 Å². The molecular weight excluding hydrogens is 738 g/mol. The highest BCUT2D eigenvalue weighted by molar-refractivity contribution is 7.90. The van der Waals surface area contributed by atoms with Crippen molar-refractivity contribution in [2.24, 2.45) is 11.8 Å². The third-order valence-corrected chi connectivity index (χ3v) is 14.7. The van der Waals surface area contributed by atoms with E-state index in [1.165, 1.54) is 11.2 Å². The van der Waals surface area contributed by atoms with E-state index in [9.17, 15) is 19.1 Å². The minimum atomic E-state index is -5.41. The van der Waals surface area contributed by atoms with Gasteiger partial charge >= 0.3 is 13.9 Å². The lowest BCUT2D eigenvalue weighted by Gasteiger charge is -2.52. The Morgan fingerprint density at radius 1 is 1.15 bits per heavy atom. The van der Waals surface area contributed by atoms with E-state index in [0.29, 0.717) is 18.4 Å². The Kier molecular flexibility index (Phi) is 13.9. The minimum absolute atomic E-state index is 0.0455. The maximum Gasteiger partial charge on any atom is 0.469 e. The smallest absolute Gasteiger partial charge is 0.443 e. The van der Waals surface area contributed by atoms with Gasteiger partial charge in [0.25, 0.3) is 0 Å². The Morgan fingerprint density at radius 2 is 1.74 bits per heavy atom. The average Bonchev–Trinajstić information content (AvgIpc) is 3.35. The predicted octanol–water partition coefficient (Wildman–Crippen LogP) is 7.66. The second kappa shape index (κ2) is 16.9. The van der Waals surface area contributed by atoms with Crippen LogP contribution < -0.4 is 11.1 Å². The van der Waals surface area contributed by atoms with Crippen LogP contribution in [0.1, 0.15) is 112 Å². The van der Waals surface area contributed by atoms with Crippen LogP contribution in [0.3, 0.4) is 0 Å². The normalized spacial score (nSPS) is 22.2. The summed E-state index contributed by atoms with van der Waals surface area (Å²) in [6.07, 6.45) is -2.77. The Bertz CT molecular complexity index is 1810. The number of nitrogen functional groups attached to an aromatic ring is 1. The lowest BCUT2D eigenvalue weighted by Crippen LogP contribution is -2.68. The number of phosphoric ester groups is 1. The van der Waals surface area contributed by atoms with Crippen molar-refractivity contribution in [3.8, 4) is 0 Å². The van der Waals surface area contributed by atoms with Gasteiger partial charge in [-0.1, -0.05) is 58.4 Å². The number of anilines is 1. The van der Waals surface area contributed by atoms with E-state index < -0.39 is 65.3 Å². The lowest BCUT2D eigenvalue weighted by atomic mass is 9.73. The van der Waals surface area contributed by atoms with E-state index >= 15 is 8.42 Å². The van der Waals surface area contributed by atoms with E-state index in [1.54, 1.807) is 48.5 Å². The monoisotopic (exact) mass is 800 g/mol. The Morgan fingerprint density at radius 3 is 2.23 bits per heavy atom. The van der Waals surface area contributed by atoms with Gasteiger partial charge in [-0.3, -0.25) is 4.52 Å². The lowest BCUT2D eigenvalue weighted by molar-refractivity contribution is -0.0306. The quantitative estimate of drug-likeness (QED) is 0.0683. The van der Waals surface area contributed by atoms with Crippen molar-refractivity contribution < 1.29 is 42.9 Å². The summed E-state index contributed by atoms with van der Waals surface area (Å²) < 4.78 is 71.5. The number of hydrogen-bond acceptors (Lipinski definition) is 9. The molecule has 1 heterocycles. The minimum Gasteiger partial charge on any atom is -0.443 e. The molecule has 0 aromatic heterocycles. The fourth-order valence-electron chi connectivity index (χ4n) is 8.60. The van der Waals surface area contributed by atoms with Crippen molar-refractivity contribution in [3.63, 3.8) is 0 Å². The first-order chi connectivity index (χ1) is 24.6. The number of thiol groups is 1. The number of sulfonamides is 1. The molecule has 15 heteroatoms. The maximum atomic E-state index is 15.5. The number of amides is 1. The van der Waals surface area contributed by atoms with E-state index in [1.807, 2.05) is 58.9 Å². The molecule has 1 aliphatic heterocycles. The van der Waals surface area contributed by atoms with E-state index in [-0.39, 0.29) is 45.0 Å². The fourth-order valence-corrected chi connectivity index (χ4v) is 12.3. The van der Waals surface area contributed by atoms with Gasteiger partial charge in [-0.05, 0) is 102 Å². The zero-order valence-corrected chi connectivity index (χ0v) is 36.0. The number of hydrogen-bond donors (Lipinski definition) is 5. The summed E-state index contributed by atoms with van der Waals surface area (Å²) in [5.74, 6) is -1.07. The SMILES string of the molecule is [2H]c1c(N)c(C)c(C)c(S(=O)(=O)N(C(C)[C@@H](OP(=O)(O)O)[C@@](C)(NC(=O)O[C@H]2CC(C)OC2C)C(C)c2ccccc2C)C(C)(C)C(CC)C(C)C)c1S. The molecule has 2 aromatic carbocycles. The van der Waals surface area contributed by atoms with Crippen LogP contribution in [0.25, 0.3) is 0 Å². The first kappa shape index (κ1) is 43.6. The third-order valence-electron chi connectivity index (χ3n) is 11.4. The number of nitrogens with zero attached hydrogens (tertiary/aromatic N) is 1. The zero-order valence-electron chi connectivity index (χ0n) is 34.4. The van der Waals surface area contributed by atoms with Gasteiger partial charge in [0.1, 0.15) is 12.2 Å². The van der Waals surface area contributed by atoms with Crippen LogP contribution in [0.4, 0.5) is 10.5 Å². The molecule has 0 spiro atoms. The number of nitrogens with two attached hydrogens (primary N) is 1. The molecule has 12 nitrogen and oxygen atoms in total. The molecule has 0 saturated carbocycles. The number of rotatable bonds is 15. The first-order valence-electron chi connectivity index (χ1n) is 18.7. The molecule has 5 unspecified atom stereocenters. The van der Waals surface area contributed by atoms with Crippen LogP contribution in [0.2, 0.25) is 0 Å². The maximum absolute atomic E-state index is 15.5. The molecule has 2 aromatic rings. The molecule has 1 saturated heterocycles. The molecule has 1 aliphatic rings. The summed E-state index contributed by atoms with van der Waals surface area (Å²) in [4.78, 5) is 34.8. The molecule has 8 atom stereocenters. The zero-order chi connectivity index (χ0) is 41.5. The van der Waals surface area contributed by atoms with Gasteiger partial charge < -0.3 is 30.3 Å². The highest BCUT2D eigenvalue weighted by Crippen LogP contribution is 2.49. The third kappa shape index (κ3) is 9.63. The highest BCUT2D eigenvalue weighted by Gasteiger charge is 2.55. The average molecular weight is 801 g/mol. The van der Waals surface area contributed by atoms with Crippen molar-refractivity contribution in [1.29, 1.82) is 0 Å². The number of alkyl carbamates (subject to hydrolysis) is 1. The number of carbonyl (C=O) groups excluding carboxylic acids is 1. The first-order valence-corrected chi connectivity index (χ1v) is 21.6.